The van der Waals surface area contributed by atoms with Crippen LogP contribution in [0.2, 0.25) is 0 Å². The first-order valence-electron chi connectivity index (χ1n) is 8.43. The highest BCUT2D eigenvalue weighted by Gasteiger charge is 2.29. The molecule has 0 unspecified atom stereocenters. The Kier molecular flexibility index (Phi) is 4.79. The molecule has 0 bridgehead atoms. The Morgan fingerprint density at radius 3 is 2.46 bits per heavy atom. The summed E-state index contributed by atoms with van der Waals surface area (Å²) in [7, 11) is 1.89. The van der Waals surface area contributed by atoms with Gasteiger partial charge in [0.25, 0.3) is 0 Å². The van der Waals surface area contributed by atoms with E-state index < -0.39 is 0 Å². The lowest BCUT2D eigenvalue weighted by atomic mass is 9.95. The van der Waals surface area contributed by atoms with Gasteiger partial charge in [-0.1, -0.05) is 12.1 Å². The second kappa shape index (κ2) is 6.99. The second-order valence-corrected chi connectivity index (χ2v) is 6.43. The minimum Gasteiger partial charge on any atom is -0.341 e. The van der Waals surface area contributed by atoms with Crippen LogP contribution in [0.5, 0.6) is 0 Å². The molecular formula is C19H24N4O. The first-order chi connectivity index (χ1) is 11.6. The fourth-order valence-corrected chi connectivity index (χ4v) is 3.27. The zero-order valence-corrected chi connectivity index (χ0v) is 14.6. The van der Waals surface area contributed by atoms with Gasteiger partial charge < -0.3 is 9.80 Å². The third kappa shape index (κ3) is 3.25. The van der Waals surface area contributed by atoms with Crippen molar-refractivity contribution >= 4 is 17.5 Å². The second-order valence-electron chi connectivity index (χ2n) is 6.43. The van der Waals surface area contributed by atoms with Crippen LogP contribution < -0.4 is 9.80 Å². The lowest BCUT2D eigenvalue weighted by Gasteiger charge is -2.33. The molecule has 1 aromatic heterocycles. The number of amides is 1. The summed E-state index contributed by atoms with van der Waals surface area (Å²) in [6.07, 6.45) is 5.19. The molecule has 1 fully saturated rings. The maximum absolute atomic E-state index is 12.9. The van der Waals surface area contributed by atoms with E-state index in [0.717, 1.165) is 37.6 Å². The molecule has 1 aliphatic heterocycles. The standard InChI is InChI=1S/C19H24N4O/c1-14-6-4-7-17(15(14)2)22(3)18(24)16-8-12-23(13-9-16)19-20-10-5-11-21-19/h4-7,10-11,16H,8-9,12-13H2,1-3H3. The molecule has 2 heterocycles. The molecule has 0 atom stereocenters. The van der Waals surface area contributed by atoms with Crippen LogP contribution in [0.25, 0.3) is 0 Å². The summed E-state index contributed by atoms with van der Waals surface area (Å²) in [5.41, 5.74) is 3.39. The predicted octanol–water partition coefficient (Wildman–Crippen LogP) is 2.97. The van der Waals surface area contributed by atoms with Gasteiger partial charge >= 0.3 is 0 Å². The highest BCUT2D eigenvalue weighted by molar-refractivity contribution is 5.95. The summed E-state index contributed by atoms with van der Waals surface area (Å²) in [6.45, 7) is 5.79. The Morgan fingerprint density at radius 1 is 1.12 bits per heavy atom. The van der Waals surface area contributed by atoms with Gasteiger partial charge in [0.15, 0.2) is 0 Å². The van der Waals surface area contributed by atoms with Crippen LogP contribution in [-0.4, -0.2) is 36.0 Å². The number of anilines is 2. The van der Waals surface area contributed by atoms with E-state index in [1.807, 2.05) is 30.1 Å². The van der Waals surface area contributed by atoms with Gasteiger partial charge in [-0.05, 0) is 49.9 Å². The first kappa shape index (κ1) is 16.4. The van der Waals surface area contributed by atoms with Gasteiger partial charge in [0.1, 0.15) is 0 Å². The highest BCUT2D eigenvalue weighted by Crippen LogP contribution is 2.27. The zero-order valence-electron chi connectivity index (χ0n) is 14.6. The fraction of sp³-hybridized carbons (Fsp3) is 0.421. The molecular weight excluding hydrogens is 300 g/mol. The van der Waals surface area contributed by atoms with Crippen molar-refractivity contribution in [2.24, 2.45) is 5.92 Å². The topological polar surface area (TPSA) is 49.3 Å². The number of aromatic nitrogens is 2. The van der Waals surface area contributed by atoms with E-state index in [0.29, 0.717) is 0 Å². The van der Waals surface area contributed by atoms with Crippen LogP contribution in [0.1, 0.15) is 24.0 Å². The average Bonchev–Trinajstić information content (AvgIpc) is 2.64. The molecule has 0 aliphatic carbocycles. The van der Waals surface area contributed by atoms with Crippen molar-refractivity contribution in [3.8, 4) is 0 Å². The summed E-state index contributed by atoms with van der Waals surface area (Å²) in [6, 6.07) is 7.93. The van der Waals surface area contributed by atoms with E-state index in [4.69, 9.17) is 0 Å². The van der Waals surface area contributed by atoms with E-state index in [1.54, 1.807) is 12.4 Å². The van der Waals surface area contributed by atoms with Gasteiger partial charge in [-0.25, -0.2) is 9.97 Å². The summed E-state index contributed by atoms with van der Waals surface area (Å²) in [5.74, 6) is 1.03. The fourth-order valence-electron chi connectivity index (χ4n) is 3.27. The van der Waals surface area contributed by atoms with E-state index in [9.17, 15) is 4.79 Å². The smallest absolute Gasteiger partial charge is 0.229 e. The van der Waals surface area contributed by atoms with Gasteiger partial charge in [0.05, 0.1) is 0 Å². The lowest BCUT2D eigenvalue weighted by Crippen LogP contribution is -2.42. The molecule has 0 radical (unpaired) electrons. The minimum absolute atomic E-state index is 0.0647. The number of carbonyl (C=O) groups excluding carboxylic acids is 1. The number of nitrogens with zero attached hydrogens (tertiary/aromatic N) is 4. The number of rotatable bonds is 3. The van der Waals surface area contributed by atoms with Gasteiger partial charge in [0.2, 0.25) is 11.9 Å². The number of piperidine rings is 1. The van der Waals surface area contributed by atoms with Crippen molar-refractivity contribution < 1.29 is 4.79 Å². The quantitative estimate of drug-likeness (QED) is 0.871. The highest BCUT2D eigenvalue weighted by atomic mass is 16.2. The summed E-state index contributed by atoms with van der Waals surface area (Å²) in [5, 5.41) is 0. The molecule has 24 heavy (non-hydrogen) atoms. The maximum atomic E-state index is 12.9. The van der Waals surface area contributed by atoms with Crippen molar-refractivity contribution in [3.05, 3.63) is 47.8 Å². The third-order valence-electron chi connectivity index (χ3n) is 4.95. The van der Waals surface area contributed by atoms with Crippen molar-refractivity contribution in [2.45, 2.75) is 26.7 Å². The van der Waals surface area contributed by atoms with Gasteiger partial charge in [-0.15, -0.1) is 0 Å². The zero-order chi connectivity index (χ0) is 17.1. The molecule has 1 aromatic carbocycles. The molecule has 0 N–H and O–H groups in total. The Balaban J connectivity index is 1.66. The van der Waals surface area contributed by atoms with Crippen molar-refractivity contribution in [1.29, 1.82) is 0 Å². The summed E-state index contributed by atoms with van der Waals surface area (Å²) in [4.78, 5) is 25.4. The number of hydrogen-bond donors (Lipinski definition) is 0. The van der Waals surface area contributed by atoms with Crippen LogP contribution >= 0.6 is 0 Å². The number of hydrogen-bond acceptors (Lipinski definition) is 4. The van der Waals surface area contributed by atoms with Crippen LogP contribution in [-0.2, 0) is 4.79 Å². The molecule has 5 nitrogen and oxygen atoms in total. The average molecular weight is 324 g/mol. The first-order valence-corrected chi connectivity index (χ1v) is 8.43. The number of benzene rings is 1. The largest absolute Gasteiger partial charge is 0.341 e. The molecule has 0 spiro atoms. The Morgan fingerprint density at radius 2 is 1.79 bits per heavy atom. The van der Waals surface area contributed by atoms with Crippen LogP contribution in [0, 0.1) is 19.8 Å². The molecule has 126 valence electrons. The lowest BCUT2D eigenvalue weighted by molar-refractivity contribution is -0.122. The van der Waals surface area contributed by atoms with Crippen molar-refractivity contribution in [3.63, 3.8) is 0 Å². The van der Waals surface area contributed by atoms with E-state index in [2.05, 4.69) is 34.8 Å². The molecule has 0 saturated carbocycles. The Labute approximate surface area is 143 Å². The number of carbonyl (C=O) groups is 1. The summed E-state index contributed by atoms with van der Waals surface area (Å²) < 4.78 is 0. The van der Waals surface area contributed by atoms with Crippen LogP contribution in [0.4, 0.5) is 11.6 Å². The molecule has 1 amide bonds. The normalized spacial score (nSPS) is 15.4. The predicted molar refractivity (Wildman–Crippen MR) is 96.3 cm³/mol. The molecule has 5 heteroatoms. The minimum atomic E-state index is 0.0647. The Bertz CT molecular complexity index is 709. The van der Waals surface area contributed by atoms with Crippen LogP contribution in [0.3, 0.4) is 0 Å². The van der Waals surface area contributed by atoms with Gasteiger partial charge in [-0.2, -0.15) is 0 Å². The monoisotopic (exact) mass is 324 g/mol. The van der Waals surface area contributed by atoms with Crippen molar-refractivity contribution in [1.82, 2.24) is 9.97 Å². The van der Waals surface area contributed by atoms with E-state index >= 15 is 0 Å². The SMILES string of the molecule is Cc1cccc(N(C)C(=O)C2CCN(c3ncccn3)CC2)c1C. The Hall–Kier alpha value is -2.43. The van der Waals surface area contributed by atoms with Crippen molar-refractivity contribution in [2.75, 3.05) is 29.9 Å². The van der Waals surface area contributed by atoms with E-state index in [1.165, 1.54) is 11.1 Å². The van der Waals surface area contributed by atoms with Crippen LogP contribution in [0.15, 0.2) is 36.7 Å². The number of aryl methyl sites for hydroxylation is 1. The molecule has 1 saturated heterocycles. The molecule has 2 aromatic rings. The summed E-state index contributed by atoms with van der Waals surface area (Å²) >= 11 is 0. The van der Waals surface area contributed by atoms with E-state index in [-0.39, 0.29) is 11.8 Å². The van der Waals surface area contributed by atoms with Gasteiger partial charge in [-0.3, -0.25) is 4.79 Å². The van der Waals surface area contributed by atoms with Gasteiger partial charge in [0, 0.05) is 44.1 Å². The molecule has 1 aliphatic rings. The third-order valence-corrected chi connectivity index (χ3v) is 4.95. The maximum Gasteiger partial charge on any atom is 0.229 e. The molecule has 3 rings (SSSR count).